The van der Waals surface area contributed by atoms with Crippen molar-refractivity contribution in [2.24, 2.45) is 0 Å². The van der Waals surface area contributed by atoms with Gasteiger partial charge in [0.1, 0.15) is 0 Å². The highest BCUT2D eigenvalue weighted by molar-refractivity contribution is 5.98. The van der Waals surface area contributed by atoms with E-state index < -0.39 is 0 Å². The molecule has 0 bridgehead atoms. The van der Waals surface area contributed by atoms with E-state index in [1.165, 1.54) is 54.9 Å². The summed E-state index contributed by atoms with van der Waals surface area (Å²) in [7, 11) is 0. The monoisotopic (exact) mass is 590 g/mol. The lowest BCUT2D eigenvalue weighted by Gasteiger charge is -2.21. The molecule has 0 spiro atoms. The van der Waals surface area contributed by atoms with Gasteiger partial charge in [-0.05, 0) is 109 Å². The number of hydrogen-bond acceptors (Lipinski definition) is 2. The van der Waals surface area contributed by atoms with Gasteiger partial charge in [-0.15, -0.1) is 0 Å². The molecule has 1 atom stereocenters. The Hall–Kier alpha value is -5.86. The quantitative estimate of drug-likeness (QED) is 0.189. The molecule has 8 rings (SSSR count). The summed E-state index contributed by atoms with van der Waals surface area (Å²) in [5.41, 5.74) is 17.8. The third kappa shape index (κ3) is 5.58. The molecular weight excluding hydrogens is 556 g/mol. The van der Waals surface area contributed by atoms with E-state index in [2.05, 4.69) is 175 Å². The zero-order valence-corrected chi connectivity index (χ0v) is 25.5. The van der Waals surface area contributed by atoms with E-state index in [1.807, 2.05) is 0 Å². The Kier molecular flexibility index (Phi) is 7.16. The molecule has 0 aromatic heterocycles. The number of nitrogen functional groups attached to an aromatic ring is 1. The van der Waals surface area contributed by atoms with Crippen LogP contribution in [0.2, 0.25) is 0 Å². The number of allylic oxidation sites excluding steroid dienone is 3. The van der Waals surface area contributed by atoms with Crippen molar-refractivity contribution in [3.05, 3.63) is 181 Å². The second-order valence-electron chi connectivity index (χ2n) is 12.1. The minimum atomic E-state index is 0.213. The Bertz CT molecular complexity index is 2270. The van der Waals surface area contributed by atoms with Gasteiger partial charge < -0.3 is 11.1 Å². The molecule has 220 valence electrons. The van der Waals surface area contributed by atoms with Gasteiger partial charge in [-0.1, -0.05) is 127 Å². The van der Waals surface area contributed by atoms with Gasteiger partial charge in [-0.2, -0.15) is 0 Å². The minimum absolute atomic E-state index is 0.213. The molecule has 0 heterocycles. The van der Waals surface area contributed by atoms with Crippen molar-refractivity contribution < 1.29 is 0 Å². The number of fused-ring (bicyclic) bond motifs is 2. The maximum atomic E-state index is 6.50. The predicted octanol–water partition coefficient (Wildman–Crippen LogP) is 11.6. The maximum absolute atomic E-state index is 6.50. The lowest BCUT2D eigenvalue weighted by atomic mass is 9.88. The number of benzene rings is 7. The van der Waals surface area contributed by atoms with Gasteiger partial charge in [0.2, 0.25) is 0 Å². The highest BCUT2D eigenvalue weighted by Gasteiger charge is 2.16. The van der Waals surface area contributed by atoms with E-state index >= 15 is 0 Å². The summed E-state index contributed by atoms with van der Waals surface area (Å²) < 4.78 is 0. The number of anilines is 2. The number of rotatable bonds is 6. The molecule has 1 aliphatic rings. The third-order valence-electron chi connectivity index (χ3n) is 8.99. The van der Waals surface area contributed by atoms with E-state index in [9.17, 15) is 0 Å². The molecule has 1 aliphatic carbocycles. The van der Waals surface area contributed by atoms with Crippen LogP contribution in [0.1, 0.15) is 17.9 Å². The molecule has 3 N–H and O–H groups in total. The fraction of sp³-hybridized carbons (Fsp3) is 0.0455. The first-order valence-electron chi connectivity index (χ1n) is 15.9. The fourth-order valence-corrected chi connectivity index (χ4v) is 6.72. The third-order valence-corrected chi connectivity index (χ3v) is 8.99. The highest BCUT2D eigenvalue weighted by atomic mass is 14.9. The molecule has 46 heavy (non-hydrogen) atoms. The van der Waals surface area contributed by atoms with Crippen molar-refractivity contribution in [3.63, 3.8) is 0 Å². The first-order chi connectivity index (χ1) is 22.7. The van der Waals surface area contributed by atoms with Crippen LogP contribution in [0.4, 0.5) is 11.4 Å². The smallest absolute Gasteiger partial charge is 0.0396 e. The molecule has 0 fully saturated rings. The second-order valence-corrected chi connectivity index (χ2v) is 12.1. The van der Waals surface area contributed by atoms with Gasteiger partial charge in [0.25, 0.3) is 0 Å². The molecule has 0 radical (unpaired) electrons. The number of nitrogens with one attached hydrogen (secondary N) is 1. The Balaban J connectivity index is 1.15. The molecule has 0 saturated carbocycles. The summed E-state index contributed by atoms with van der Waals surface area (Å²) in [6.45, 7) is 0. The van der Waals surface area contributed by atoms with Gasteiger partial charge in [-0.25, -0.2) is 0 Å². The minimum Gasteiger partial charge on any atom is -0.399 e. The van der Waals surface area contributed by atoms with Crippen molar-refractivity contribution in [1.82, 2.24) is 0 Å². The van der Waals surface area contributed by atoms with Crippen LogP contribution in [0.15, 0.2) is 176 Å². The molecule has 7 aromatic rings. The summed E-state index contributed by atoms with van der Waals surface area (Å²) in [6, 6.07) is 54.2. The Morgan fingerprint density at radius 1 is 0.522 bits per heavy atom. The maximum Gasteiger partial charge on any atom is 0.0396 e. The van der Waals surface area contributed by atoms with Crippen molar-refractivity contribution in [1.29, 1.82) is 0 Å². The van der Waals surface area contributed by atoms with Gasteiger partial charge in [0.15, 0.2) is 0 Å². The zero-order valence-electron chi connectivity index (χ0n) is 25.5. The van der Waals surface area contributed by atoms with Crippen molar-refractivity contribution in [2.45, 2.75) is 12.3 Å². The van der Waals surface area contributed by atoms with Gasteiger partial charge in [-0.3, -0.25) is 0 Å². The Labute approximate surface area is 270 Å². The summed E-state index contributed by atoms with van der Waals surface area (Å²) >= 11 is 0. The largest absolute Gasteiger partial charge is 0.399 e. The molecular formula is C44H34N2. The van der Waals surface area contributed by atoms with Crippen LogP contribution in [0.3, 0.4) is 0 Å². The van der Waals surface area contributed by atoms with Crippen LogP contribution in [0, 0.1) is 0 Å². The number of nitrogens with two attached hydrogens (primary N) is 1. The second kappa shape index (κ2) is 11.9. The molecule has 7 aromatic carbocycles. The van der Waals surface area contributed by atoms with Gasteiger partial charge in [0, 0.05) is 23.0 Å². The van der Waals surface area contributed by atoms with Crippen LogP contribution >= 0.6 is 0 Å². The first kappa shape index (κ1) is 27.7. The molecule has 0 saturated heterocycles. The summed E-state index contributed by atoms with van der Waals surface area (Å²) in [4.78, 5) is 0. The van der Waals surface area contributed by atoms with E-state index in [0.29, 0.717) is 0 Å². The molecule has 0 aliphatic heterocycles. The average Bonchev–Trinajstić information content (AvgIpc) is 3.11. The van der Waals surface area contributed by atoms with Crippen molar-refractivity contribution in [2.75, 3.05) is 11.1 Å². The standard InChI is InChI=1S/C44H34N2/c45-40-25-36(23-37(26-40)35-21-20-31-12-4-5-14-33(31)22-35)34-16-8-17-41(27-34)46-42-28-38(30-10-2-1-3-11-30)24-39(29-42)44-19-9-15-32-13-6-7-18-43(32)44/h1-15,17-29,34,46H,16,45H2. The fourth-order valence-electron chi connectivity index (χ4n) is 6.72. The average molecular weight is 591 g/mol. The summed E-state index contributed by atoms with van der Waals surface area (Å²) in [5, 5.41) is 8.74. The van der Waals surface area contributed by atoms with E-state index in [1.54, 1.807) is 0 Å². The van der Waals surface area contributed by atoms with Crippen LogP contribution in [0.5, 0.6) is 0 Å². The first-order valence-corrected chi connectivity index (χ1v) is 15.9. The van der Waals surface area contributed by atoms with Crippen LogP contribution < -0.4 is 11.1 Å². The topological polar surface area (TPSA) is 38.0 Å². The Morgan fingerprint density at radius 3 is 2.15 bits per heavy atom. The lowest BCUT2D eigenvalue weighted by molar-refractivity contribution is 0.845. The van der Waals surface area contributed by atoms with Crippen LogP contribution in [0.25, 0.3) is 54.9 Å². The predicted molar refractivity (Wildman–Crippen MR) is 197 cm³/mol. The van der Waals surface area contributed by atoms with Crippen molar-refractivity contribution in [3.8, 4) is 33.4 Å². The highest BCUT2D eigenvalue weighted by Crippen LogP contribution is 2.37. The molecule has 0 amide bonds. The molecule has 2 heteroatoms. The van der Waals surface area contributed by atoms with Crippen LogP contribution in [-0.2, 0) is 0 Å². The Morgan fingerprint density at radius 2 is 1.26 bits per heavy atom. The van der Waals surface area contributed by atoms with Crippen molar-refractivity contribution >= 4 is 32.9 Å². The normalized spacial score (nSPS) is 14.3. The van der Waals surface area contributed by atoms with E-state index in [4.69, 9.17) is 5.73 Å². The molecule has 2 nitrogen and oxygen atoms in total. The van der Waals surface area contributed by atoms with Crippen LogP contribution in [-0.4, -0.2) is 0 Å². The number of hydrogen-bond donors (Lipinski definition) is 2. The lowest BCUT2D eigenvalue weighted by Crippen LogP contribution is -2.06. The van der Waals surface area contributed by atoms with Gasteiger partial charge in [0.05, 0.1) is 0 Å². The summed E-state index contributed by atoms with van der Waals surface area (Å²) in [5.74, 6) is 0.213. The zero-order chi connectivity index (χ0) is 30.9. The van der Waals surface area contributed by atoms with E-state index in [0.717, 1.165) is 29.1 Å². The van der Waals surface area contributed by atoms with E-state index in [-0.39, 0.29) is 5.92 Å². The van der Waals surface area contributed by atoms with Gasteiger partial charge >= 0.3 is 0 Å². The SMILES string of the molecule is Nc1cc(-c2ccc3ccccc3c2)cc(C2C=C(Nc3cc(-c4ccccc4)cc(-c4cccc5ccccc45)c3)C=CC2)c1. The molecule has 1 unspecified atom stereocenters. The summed E-state index contributed by atoms with van der Waals surface area (Å²) in [6.07, 6.45) is 7.72.